The zero-order chi connectivity index (χ0) is 15.8. The van der Waals surface area contributed by atoms with Crippen LogP contribution in [-0.2, 0) is 16.6 Å². The lowest BCUT2D eigenvalue weighted by Crippen LogP contribution is -2.26. The molecule has 0 atom stereocenters. The summed E-state index contributed by atoms with van der Waals surface area (Å²) in [4.78, 5) is 16.2. The number of ether oxygens (including phenoxy) is 1. The van der Waals surface area contributed by atoms with Crippen LogP contribution >= 0.6 is 11.8 Å². The van der Waals surface area contributed by atoms with Crippen LogP contribution in [0.4, 0.5) is 0 Å². The zero-order valence-electron chi connectivity index (χ0n) is 12.9. The molecule has 0 fully saturated rings. The molecule has 0 aliphatic rings. The van der Waals surface area contributed by atoms with Crippen molar-refractivity contribution in [2.24, 2.45) is 7.05 Å². The summed E-state index contributed by atoms with van der Waals surface area (Å²) < 4.78 is 6.96. The summed E-state index contributed by atoms with van der Waals surface area (Å²) in [6.45, 7) is 1.30. The summed E-state index contributed by atoms with van der Waals surface area (Å²) in [5.74, 6) is 0.386. The van der Waals surface area contributed by atoms with Gasteiger partial charge in [0.05, 0.1) is 17.6 Å². The molecule has 0 aliphatic heterocycles. The van der Waals surface area contributed by atoms with Crippen LogP contribution in [0.1, 0.15) is 6.42 Å². The van der Waals surface area contributed by atoms with Crippen LogP contribution in [0.5, 0.6) is 0 Å². The Morgan fingerprint density at radius 3 is 2.86 bits per heavy atom. The van der Waals surface area contributed by atoms with E-state index in [-0.39, 0.29) is 5.91 Å². The van der Waals surface area contributed by atoms with Gasteiger partial charge >= 0.3 is 0 Å². The van der Waals surface area contributed by atoms with Crippen LogP contribution in [0.25, 0.3) is 11.3 Å². The highest BCUT2D eigenvalue weighted by molar-refractivity contribution is 7.99. The Morgan fingerprint density at radius 1 is 1.36 bits per heavy atom. The van der Waals surface area contributed by atoms with Crippen LogP contribution in [0.15, 0.2) is 41.7 Å². The predicted molar refractivity (Wildman–Crippen MR) is 88.9 cm³/mol. The fourth-order valence-corrected chi connectivity index (χ4v) is 2.81. The van der Waals surface area contributed by atoms with Crippen molar-refractivity contribution in [2.45, 2.75) is 11.6 Å². The normalized spacial score (nSPS) is 10.6. The number of aromatic nitrogens is 2. The molecular weight excluding hydrogens is 298 g/mol. The number of benzene rings is 1. The van der Waals surface area contributed by atoms with Crippen LogP contribution < -0.4 is 5.32 Å². The van der Waals surface area contributed by atoms with Gasteiger partial charge in [-0.05, 0) is 12.0 Å². The molecule has 0 saturated heterocycles. The average molecular weight is 319 g/mol. The number of carbonyl (C=O) groups excluding carboxylic acids is 1. The van der Waals surface area contributed by atoms with E-state index in [4.69, 9.17) is 4.74 Å². The third-order valence-electron chi connectivity index (χ3n) is 3.19. The molecular formula is C16H21N3O2S. The molecule has 0 spiro atoms. The van der Waals surface area contributed by atoms with Gasteiger partial charge in [0.2, 0.25) is 5.91 Å². The Bertz CT molecular complexity index is 599. The van der Waals surface area contributed by atoms with Gasteiger partial charge in [-0.2, -0.15) is 0 Å². The van der Waals surface area contributed by atoms with E-state index in [0.717, 1.165) is 22.8 Å². The van der Waals surface area contributed by atoms with Gasteiger partial charge in [-0.3, -0.25) is 4.79 Å². The Kier molecular flexibility index (Phi) is 6.48. The van der Waals surface area contributed by atoms with Crippen LogP contribution in [-0.4, -0.2) is 41.5 Å². The van der Waals surface area contributed by atoms with E-state index in [9.17, 15) is 4.79 Å². The summed E-state index contributed by atoms with van der Waals surface area (Å²) >= 11 is 1.44. The quantitative estimate of drug-likeness (QED) is 0.599. The van der Waals surface area contributed by atoms with Gasteiger partial charge in [0.15, 0.2) is 5.16 Å². The first-order valence-electron chi connectivity index (χ1n) is 7.18. The van der Waals surface area contributed by atoms with E-state index in [0.29, 0.717) is 18.9 Å². The minimum Gasteiger partial charge on any atom is -0.385 e. The van der Waals surface area contributed by atoms with Crippen molar-refractivity contribution in [2.75, 3.05) is 26.0 Å². The van der Waals surface area contributed by atoms with Gasteiger partial charge in [0, 0.05) is 27.3 Å². The van der Waals surface area contributed by atoms with Gasteiger partial charge in [0.25, 0.3) is 0 Å². The number of imidazole rings is 1. The van der Waals surface area contributed by atoms with Crippen molar-refractivity contribution in [3.05, 3.63) is 36.5 Å². The molecule has 0 unspecified atom stereocenters. The number of thioether (sulfide) groups is 1. The largest absolute Gasteiger partial charge is 0.385 e. The molecule has 1 heterocycles. The lowest BCUT2D eigenvalue weighted by Gasteiger charge is -2.06. The number of nitrogens with zero attached hydrogens (tertiary/aromatic N) is 2. The Balaban J connectivity index is 1.87. The predicted octanol–water partition coefficient (Wildman–Crippen LogP) is 2.33. The minimum absolute atomic E-state index is 0.0189. The number of rotatable bonds is 8. The Hall–Kier alpha value is -1.79. The molecule has 0 radical (unpaired) electrons. The van der Waals surface area contributed by atoms with Gasteiger partial charge in [0.1, 0.15) is 0 Å². The van der Waals surface area contributed by atoms with Crippen molar-refractivity contribution < 1.29 is 9.53 Å². The third kappa shape index (κ3) is 4.61. The van der Waals surface area contributed by atoms with E-state index in [1.165, 1.54) is 11.8 Å². The molecule has 22 heavy (non-hydrogen) atoms. The summed E-state index contributed by atoms with van der Waals surface area (Å²) in [5, 5.41) is 3.71. The van der Waals surface area contributed by atoms with E-state index >= 15 is 0 Å². The van der Waals surface area contributed by atoms with Crippen molar-refractivity contribution in [1.29, 1.82) is 0 Å². The Labute approximate surface area is 135 Å². The van der Waals surface area contributed by atoms with Crippen molar-refractivity contribution in [1.82, 2.24) is 14.9 Å². The number of hydrogen-bond acceptors (Lipinski definition) is 4. The lowest BCUT2D eigenvalue weighted by molar-refractivity contribution is -0.118. The first-order valence-corrected chi connectivity index (χ1v) is 8.16. The van der Waals surface area contributed by atoms with Crippen molar-refractivity contribution in [3.8, 4) is 11.3 Å². The molecule has 1 N–H and O–H groups in total. The van der Waals surface area contributed by atoms with Crippen LogP contribution in [0.2, 0.25) is 0 Å². The van der Waals surface area contributed by atoms with Crippen molar-refractivity contribution in [3.63, 3.8) is 0 Å². The zero-order valence-corrected chi connectivity index (χ0v) is 13.7. The number of amides is 1. The summed E-state index contributed by atoms with van der Waals surface area (Å²) in [6, 6.07) is 10.1. The van der Waals surface area contributed by atoms with Crippen LogP contribution in [0.3, 0.4) is 0 Å². The van der Waals surface area contributed by atoms with E-state index in [1.807, 2.05) is 48.1 Å². The molecule has 1 amide bonds. The number of methoxy groups -OCH3 is 1. The molecule has 5 nitrogen and oxygen atoms in total. The maximum atomic E-state index is 11.8. The highest BCUT2D eigenvalue weighted by atomic mass is 32.2. The molecule has 118 valence electrons. The second kappa shape index (κ2) is 8.60. The highest BCUT2D eigenvalue weighted by Gasteiger charge is 2.10. The first kappa shape index (κ1) is 16.6. The Morgan fingerprint density at radius 2 is 2.14 bits per heavy atom. The SMILES string of the molecule is COCCCNC(=O)CSc1ncc(-c2ccccc2)n1C. The second-order valence-electron chi connectivity index (χ2n) is 4.84. The van der Waals surface area contributed by atoms with Gasteiger partial charge in [-0.15, -0.1) is 0 Å². The van der Waals surface area contributed by atoms with E-state index in [2.05, 4.69) is 10.3 Å². The van der Waals surface area contributed by atoms with Crippen molar-refractivity contribution >= 4 is 17.7 Å². The molecule has 2 rings (SSSR count). The maximum absolute atomic E-state index is 11.8. The van der Waals surface area contributed by atoms with Gasteiger partial charge in [-0.1, -0.05) is 42.1 Å². The number of hydrogen-bond donors (Lipinski definition) is 1. The summed E-state index contributed by atoms with van der Waals surface area (Å²) in [5.41, 5.74) is 2.16. The van der Waals surface area contributed by atoms with E-state index < -0.39 is 0 Å². The first-order chi connectivity index (χ1) is 10.7. The van der Waals surface area contributed by atoms with Crippen LogP contribution in [0, 0.1) is 0 Å². The molecule has 2 aromatic rings. The number of carbonyl (C=O) groups is 1. The molecule has 0 saturated carbocycles. The fraction of sp³-hybridized carbons (Fsp3) is 0.375. The lowest BCUT2D eigenvalue weighted by atomic mass is 10.2. The standard InChI is InChI=1S/C16H21N3O2S/c1-19-14(13-7-4-3-5-8-13)11-18-16(19)22-12-15(20)17-9-6-10-21-2/h3-5,7-8,11H,6,9-10,12H2,1-2H3,(H,17,20). The summed E-state index contributed by atoms with van der Waals surface area (Å²) in [6.07, 6.45) is 2.67. The molecule has 1 aromatic carbocycles. The minimum atomic E-state index is 0.0189. The van der Waals surface area contributed by atoms with E-state index in [1.54, 1.807) is 7.11 Å². The smallest absolute Gasteiger partial charge is 0.230 e. The van der Waals surface area contributed by atoms with Gasteiger partial charge < -0.3 is 14.6 Å². The molecule has 0 bridgehead atoms. The number of nitrogens with one attached hydrogen (secondary N) is 1. The second-order valence-corrected chi connectivity index (χ2v) is 5.78. The fourth-order valence-electron chi connectivity index (χ4n) is 2.03. The maximum Gasteiger partial charge on any atom is 0.230 e. The monoisotopic (exact) mass is 319 g/mol. The highest BCUT2D eigenvalue weighted by Crippen LogP contribution is 2.24. The van der Waals surface area contributed by atoms with Gasteiger partial charge in [-0.25, -0.2) is 4.98 Å². The third-order valence-corrected chi connectivity index (χ3v) is 4.24. The summed E-state index contributed by atoms with van der Waals surface area (Å²) in [7, 11) is 3.62. The topological polar surface area (TPSA) is 56.1 Å². The average Bonchev–Trinajstić information content (AvgIpc) is 2.91. The molecule has 0 aliphatic carbocycles. The molecule has 1 aromatic heterocycles. The molecule has 6 heteroatoms.